The summed E-state index contributed by atoms with van der Waals surface area (Å²) >= 11 is 0. The van der Waals surface area contributed by atoms with Crippen molar-refractivity contribution < 1.29 is 9.63 Å². The number of carbonyl (C=O) groups is 1. The Morgan fingerprint density at radius 1 is 1.55 bits per heavy atom. The Morgan fingerprint density at radius 3 is 2.55 bits per heavy atom. The minimum Gasteiger partial charge on any atom is -0.286 e. The molecule has 0 atom stereocenters. The van der Waals surface area contributed by atoms with E-state index in [0.717, 1.165) is 5.06 Å². The lowest BCUT2D eigenvalue weighted by Gasteiger charge is -2.17. The predicted octanol–water partition coefficient (Wildman–Crippen LogP) is 0.926. The molecule has 1 N–H and O–H groups in total. The number of amides is 1. The topological polar surface area (TPSA) is 53.4 Å². The SMILES string of the molecule is CC(C)ON1C(=N)CCC1=O. The van der Waals surface area contributed by atoms with Crippen LogP contribution in [0.15, 0.2) is 0 Å². The van der Waals surface area contributed by atoms with Crippen molar-refractivity contribution in [1.29, 1.82) is 5.41 Å². The van der Waals surface area contributed by atoms with E-state index in [-0.39, 0.29) is 17.8 Å². The number of nitrogens with one attached hydrogen (secondary N) is 1. The third-order valence-electron chi connectivity index (χ3n) is 1.36. The summed E-state index contributed by atoms with van der Waals surface area (Å²) in [7, 11) is 0. The summed E-state index contributed by atoms with van der Waals surface area (Å²) in [5.41, 5.74) is 0. The molecular weight excluding hydrogens is 144 g/mol. The van der Waals surface area contributed by atoms with Gasteiger partial charge in [0.15, 0.2) is 0 Å². The lowest BCUT2D eigenvalue weighted by Crippen LogP contribution is -2.31. The van der Waals surface area contributed by atoms with Crippen LogP contribution in [0.25, 0.3) is 0 Å². The number of rotatable bonds is 2. The Labute approximate surface area is 65.6 Å². The van der Waals surface area contributed by atoms with Gasteiger partial charge in [-0.15, -0.1) is 0 Å². The molecule has 0 aromatic rings. The molecule has 1 aliphatic heterocycles. The second kappa shape index (κ2) is 3.00. The van der Waals surface area contributed by atoms with Crippen LogP contribution in [-0.2, 0) is 9.63 Å². The molecular formula is C7H12N2O2. The van der Waals surface area contributed by atoms with Gasteiger partial charge in [0.25, 0.3) is 5.91 Å². The van der Waals surface area contributed by atoms with Gasteiger partial charge in [0.1, 0.15) is 5.84 Å². The van der Waals surface area contributed by atoms with Gasteiger partial charge in [-0.05, 0) is 13.8 Å². The summed E-state index contributed by atoms with van der Waals surface area (Å²) in [6.07, 6.45) is 0.870. The molecule has 1 saturated heterocycles. The van der Waals surface area contributed by atoms with Gasteiger partial charge in [0.05, 0.1) is 6.10 Å². The van der Waals surface area contributed by atoms with E-state index in [1.807, 2.05) is 13.8 Å². The summed E-state index contributed by atoms with van der Waals surface area (Å²) < 4.78 is 0. The molecule has 0 bridgehead atoms. The minimum atomic E-state index is -0.108. The normalized spacial score (nSPS) is 18.6. The monoisotopic (exact) mass is 156 g/mol. The van der Waals surface area contributed by atoms with Gasteiger partial charge in [-0.3, -0.25) is 15.0 Å². The number of nitrogens with zero attached hydrogens (tertiary/aromatic N) is 1. The van der Waals surface area contributed by atoms with Crippen LogP contribution in [0, 0.1) is 5.41 Å². The van der Waals surface area contributed by atoms with Crippen LogP contribution in [0.5, 0.6) is 0 Å². The second-order valence-electron chi connectivity index (χ2n) is 2.79. The fourth-order valence-corrected chi connectivity index (χ4v) is 0.912. The first kappa shape index (κ1) is 8.20. The van der Waals surface area contributed by atoms with Gasteiger partial charge in [-0.25, -0.2) is 0 Å². The smallest absolute Gasteiger partial charge is 0.252 e. The van der Waals surface area contributed by atoms with Gasteiger partial charge in [-0.1, -0.05) is 0 Å². The van der Waals surface area contributed by atoms with Crippen LogP contribution in [-0.4, -0.2) is 22.9 Å². The molecule has 0 spiro atoms. The number of amidine groups is 1. The molecule has 1 aliphatic rings. The summed E-state index contributed by atoms with van der Waals surface area (Å²) in [5.74, 6) is 0.160. The lowest BCUT2D eigenvalue weighted by molar-refractivity contribution is -0.169. The molecule has 0 aliphatic carbocycles. The van der Waals surface area contributed by atoms with Crippen molar-refractivity contribution in [2.24, 2.45) is 0 Å². The van der Waals surface area contributed by atoms with E-state index < -0.39 is 0 Å². The van der Waals surface area contributed by atoms with Gasteiger partial charge < -0.3 is 0 Å². The Bertz CT molecular complexity index is 173. The van der Waals surface area contributed by atoms with Crippen LogP contribution in [0.4, 0.5) is 0 Å². The highest BCUT2D eigenvalue weighted by atomic mass is 16.7. The molecule has 1 rings (SSSR count). The zero-order valence-corrected chi connectivity index (χ0v) is 6.76. The summed E-state index contributed by atoms with van der Waals surface area (Å²) in [6, 6.07) is 0. The van der Waals surface area contributed by atoms with Gasteiger partial charge >= 0.3 is 0 Å². The standard InChI is InChI=1S/C7H12N2O2/c1-5(2)11-9-6(8)3-4-7(9)10/h5,8H,3-4H2,1-2H3. The first-order chi connectivity index (χ1) is 5.11. The molecule has 0 saturated carbocycles. The summed E-state index contributed by atoms with van der Waals surface area (Å²) in [6.45, 7) is 3.66. The van der Waals surface area contributed by atoms with Gasteiger partial charge in [-0.2, -0.15) is 5.06 Å². The van der Waals surface area contributed by atoms with Crippen LogP contribution in [0.2, 0.25) is 0 Å². The molecule has 4 heteroatoms. The fraction of sp³-hybridized carbons (Fsp3) is 0.714. The number of carbonyl (C=O) groups excluding carboxylic acids is 1. The average molecular weight is 156 g/mol. The van der Waals surface area contributed by atoms with E-state index >= 15 is 0 Å². The number of hydrogen-bond donors (Lipinski definition) is 1. The Hall–Kier alpha value is -0.900. The van der Waals surface area contributed by atoms with Crippen molar-refractivity contribution in [1.82, 2.24) is 5.06 Å². The summed E-state index contributed by atoms with van der Waals surface area (Å²) in [4.78, 5) is 16.1. The zero-order valence-electron chi connectivity index (χ0n) is 6.76. The first-order valence-corrected chi connectivity index (χ1v) is 3.68. The molecule has 62 valence electrons. The van der Waals surface area contributed by atoms with Crippen LogP contribution >= 0.6 is 0 Å². The number of hydrogen-bond acceptors (Lipinski definition) is 3. The molecule has 0 aromatic heterocycles. The molecule has 4 nitrogen and oxygen atoms in total. The molecule has 1 heterocycles. The first-order valence-electron chi connectivity index (χ1n) is 3.68. The maximum atomic E-state index is 11.0. The minimum absolute atomic E-state index is 0.0441. The average Bonchev–Trinajstić information content (AvgIpc) is 2.18. The highest BCUT2D eigenvalue weighted by molar-refractivity contribution is 6.01. The van der Waals surface area contributed by atoms with Crippen molar-refractivity contribution in [2.45, 2.75) is 32.8 Å². The van der Waals surface area contributed by atoms with Crippen LogP contribution in [0.3, 0.4) is 0 Å². The molecule has 11 heavy (non-hydrogen) atoms. The van der Waals surface area contributed by atoms with E-state index in [2.05, 4.69) is 0 Å². The highest BCUT2D eigenvalue weighted by Gasteiger charge is 2.27. The zero-order chi connectivity index (χ0) is 8.43. The third kappa shape index (κ3) is 1.77. The predicted molar refractivity (Wildman–Crippen MR) is 40.0 cm³/mol. The van der Waals surface area contributed by atoms with Crippen molar-refractivity contribution in [3.63, 3.8) is 0 Å². The van der Waals surface area contributed by atoms with E-state index in [1.54, 1.807) is 0 Å². The van der Waals surface area contributed by atoms with Crippen LogP contribution < -0.4 is 0 Å². The summed E-state index contributed by atoms with van der Waals surface area (Å²) in [5, 5.41) is 8.40. The molecule has 0 radical (unpaired) electrons. The molecule has 1 amide bonds. The lowest BCUT2D eigenvalue weighted by atomic mass is 10.4. The third-order valence-corrected chi connectivity index (χ3v) is 1.36. The highest BCUT2D eigenvalue weighted by Crippen LogP contribution is 2.13. The van der Waals surface area contributed by atoms with E-state index in [4.69, 9.17) is 10.2 Å². The fourth-order valence-electron chi connectivity index (χ4n) is 0.912. The molecule has 0 aromatic carbocycles. The largest absolute Gasteiger partial charge is 0.286 e. The number of hydroxylamine groups is 2. The van der Waals surface area contributed by atoms with E-state index in [1.165, 1.54) is 0 Å². The van der Waals surface area contributed by atoms with Gasteiger partial charge in [0, 0.05) is 12.8 Å². The maximum Gasteiger partial charge on any atom is 0.252 e. The van der Waals surface area contributed by atoms with Gasteiger partial charge in [0.2, 0.25) is 0 Å². The maximum absolute atomic E-state index is 11.0. The molecule has 1 fully saturated rings. The van der Waals surface area contributed by atoms with Crippen LogP contribution in [0.1, 0.15) is 26.7 Å². The van der Waals surface area contributed by atoms with E-state index in [0.29, 0.717) is 12.8 Å². The van der Waals surface area contributed by atoms with Crippen molar-refractivity contribution in [3.8, 4) is 0 Å². The quantitative estimate of drug-likeness (QED) is 0.646. The Morgan fingerprint density at radius 2 is 2.18 bits per heavy atom. The van der Waals surface area contributed by atoms with Crippen molar-refractivity contribution >= 4 is 11.7 Å². The Kier molecular flexibility index (Phi) is 2.24. The Balaban J connectivity index is 2.55. The van der Waals surface area contributed by atoms with Crippen molar-refractivity contribution in [2.75, 3.05) is 0 Å². The second-order valence-corrected chi connectivity index (χ2v) is 2.79. The molecule has 0 unspecified atom stereocenters. The van der Waals surface area contributed by atoms with E-state index in [9.17, 15) is 4.79 Å². The van der Waals surface area contributed by atoms with Crippen molar-refractivity contribution in [3.05, 3.63) is 0 Å².